The van der Waals surface area contributed by atoms with Crippen LogP contribution in [-0.4, -0.2) is 9.13 Å². The van der Waals surface area contributed by atoms with Gasteiger partial charge in [0.1, 0.15) is 6.07 Å². The lowest BCUT2D eigenvalue weighted by atomic mass is 9.95. The van der Waals surface area contributed by atoms with E-state index in [-0.39, 0.29) is 78.1 Å². The molecule has 0 bridgehead atoms. The summed E-state index contributed by atoms with van der Waals surface area (Å²) in [5, 5.41) is 105. The van der Waals surface area contributed by atoms with Crippen LogP contribution < -0.4 is 0 Å². The highest BCUT2D eigenvalue weighted by molar-refractivity contribution is 6.13. The molecule has 0 aliphatic rings. The predicted molar refractivity (Wildman–Crippen MR) is 314 cm³/mol. The molecule has 12 aromatic rings. The van der Waals surface area contributed by atoms with Gasteiger partial charge in [0.05, 0.1) is 149 Å². The van der Waals surface area contributed by atoms with E-state index in [2.05, 4.69) is 54.6 Å². The van der Waals surface area contributed by atoms with Gasteiger partial charge in [-0.25, -0.2) is 0 Å². The van der Waals surface area contributed by atoms with E-state index in [1.807, 2.05) is 66.7 Å². The Kier molecular flexibility index (Phi) is 12.9. The third kappa shape index (κ3) is 9.19. The van der Waals surface area contributed by atoms with Crippen LogP contribution >= 0.6 is 0 Å². The van der Waals surface area contributed by atoms with Gasteiger partial charge in [-0.05, 0) is 177 Å². The van der Waals surface area contributed by atoms with Gasteiger partial charge in [-0.2, -0.15) is 65.8 Å². The summed E-state index contributed by atoms with van der Waals surface area (Å²) in [7, 11) is 0. The van der Waals surface area contributed by atoms with E-state index in [0.717, 1.165) is 12.1 Å². The van der Waals surface area contributed by atoms with E-state index in [1.54, 1.807) is 81.9 Å². The number of alkyl halides is 3. The van der Waals surface area contributed by atoms with Crippen molar-refractivity contribution in [1.29, 1.82) is 52.6 Å². The molecule has 0 saturated carbocycles. The SMILES string of the molecule is N#Cc1cc(C#N)cc(-c2ccc3c4ccc(-c5cc(C#N)cc(C#N)c5)cc4n(-c4cc(-c5cc(C#N)cc(C(F)(F)F)c5)c(-n5c6cc(-c7cc(C#N)cc(C#N)c7)ccc6c6ccc(-c7cc(C#N)cc(C#N)c7)cc65)cc4C#N)c3c2)c1. The monoisotopic (exact) mass is 1110 g/mol. The Hall–Kier alpha value is -13.5. The number of halogens is 3. The van der Waals surface area contributed by atoms with Gasteiger partial charge in [0.2, 0.25) is 0 Å². The van der Waals surface area contributed by atoms with Gasteiger partial charge < -0.3 is 9.13 Å². The quantitative estimate of drug-likeness (QED) is 0.146. The van der Waals surface area contributed by atoms with Crippen molar-refractivity contribution in [3.63, 3.8) is 0 Å². The number of benzene rings is 10. The van der Waals surface area contributed by atoms with Crippen molar-refractivity contribution in [2.45, 2.75) is 6.18 Å². The molecule has 0 aliphatic carbocycles. The molecule has 0 saturated heterocycles. The zero-order valence-electron chi connectivity index (χ0n) is 44.2. The Labute approximate surface area is 487 Å². The average Bonchev–Trinajstić information content (AvgIpc) is 1.67. The van der Waals surface area contributed by atoms with Gasteiger partial charge in [0.15, 0.2) is 0 Å². The number of nitriles is 10. The molecule has 0 unspecified atom stereocenters. The van der Waals surface area contributed by atoms with Crippen molar-refractivity contribution in [1.82, 2.24) is 9.13 Å². The van der Waals surface area contributed by atoms with E-state index in [9.17, 15) is 52.6 Å². The minimum absolute atomic E-state index is 0.00500. The first-order valence-electron chi connectivity index (χ1n) is 25.9. The lowest BCUT2D eigenvalue weighted by Gasteiger charge is -2.20. The third-order valence-corrected chi connectivity index (χ3v) is 15.0. The van der Waals surface area contributed by atoms with Crippen molar-refractivity contribution in [3.8, 4) is 128 Å². The van der Waals surface area contributed by atoms with Crippen molar-refractivity contribution < 1.29 is 13.2 Å². The molecule has 0 N–H and O–H groups in total. The maximum Gasteiger partial charge on any atom is 0.416 e. The minimum Gasteiger partial charge on any atom is -0.309 e. The topological polar surface area (TPSA) is 248 Å². The maximum atomic E-state index is 15.2. The van der Waals surface area contributed by atoms with Crippen molar-refractivity contribution in [2.75, 3.05) is 0 Å². The van der Waals surface area contributed by atoms with Gasteiger partial charge in [-0.3, -0.25) is 0 Å². The average molecular weight is 1110 g/mol. The first-order valence-corrected chi connectivity index (χ1v) is 25.9. The predicted octanol–water partition coefficient (Wildman–Crippen LogP) is 16.0. The summed E-state index contributed by atoms with van der Waals surface area (Å²) in [5.74, 6) is 0. The number of hydrogen-bond donors (Lipinski definition) is 0. The molecule has 10 aromatic carbocycles. The molecule has 86 heavy (non-hydrogen) atoms. The molecule has 12 rings (SSSR count). The Morgan fingerprint density at radius 1 is 0.256 bits per heavy atom. The van der Waals surface area contributed by atoms with E-state index in [1.165, 1.54) is 30.3 Å². The molecular formula is C71H29F3N12. The van der Waals surface area contributed by atoms with Crippen molar-refractivity contribution in [2.24, 2.45) is 0 Å². The Morgan fingerprint density at radius 3 is 0.814 bits per heavy atom. The molecule has 2 aromatic heterocycles. The van der Waals surface area contributed by atoms with Gasteiger partial charge in [0, 0.05) is 27.1 Å². The van der Waals surface area contributed by atoms with Crippen LogP contribution in [0.15, 0.2) is 176 Å². The summed E-state index contributed by atoms with van der Waals surface area (Å²) in [4.78, 5) is 0. The van der Waals surface area contributed by atoms with Crippen LogP contribution in [0.1, 0.15) is 61.2 Å². The van der Waals surface area contributed by atoms with Crippen molar-refractivity contribution >= 4 is 43.6 Å². The Morgan fingerprint density at radius 2 is 0.535 bits per heavy atom. The zero-order valence-corrected chi connectivity index (χ0v) is 44.2. The summed E-state index contributed by atoms with van der Waals surface area (Å²) >= 11 is 0. The summed E-state index contributed by atoms with van der Waals surface area (Å²) < 4.78 is 49.2. The molecule has 394 valence electrons. The minimum atomic E-state index is -4.95. The van der Waals surface area contributed by atoms with Crippen LogP contribution in [-0.2, 0) is 6.18 Å². The Bertz CT molecular complexity index is 5100. The number of fused-ring (bicyclic) bond motifs is 6. The van der Waals surface area contributed by atoms with Crippen LogP contribution in [0.3, 0.4) is 0 Å². The summed E-state index contributed by atoms with van der Waals surface area (Å²) in [6.45, 7) is 0. The molecule has 0 atom stereocenters. The third-order valence-electron chi connectivity index (χ3n) is 15.0. The van der Waals surface area contributed by atoms with E-state index in [0.29, 0.717) is 88.1 Å². The summed E-state index contributed by atoms with van der Waals surface area (Å²) in [5.41, 5.74) is 6.77. The summed E-state index contributed by atoms with van der Waals surface area (Å²) in [6, 6.07) is 68.0. The normalized spacial score (nSPS) is 10.8. The van der Waals surface area contributed by atoms with Crippen LogP contribution in [0.25, 0.3) is 111 Å². The lowest BCUT2D eigenvalue weighted by molar-refractivity contribution is -0.137. The molecule has 0 aliphatic heterocycles. The van der Waals surface area contributed by atoms with E-state index in [4.69, 9.17) is 0 Å². The van der Waals surface area contributed by atoms with E-state index >= 15 is 13.2 Å². The van der Waals surface area contributed by atoms with Crippen LogP contribution in [0.4, 0.5) is 13.2 Å². The number of hydrogen-bond acceptors (Lipinski definition) is 10. The first kappa shape index (κ1) is 53.1. The molecule has 12 nitrogen and oxygen atoms in total. The molecule has 2 heterocycles. The number of aromatic nitrogens is 2. The zero-order chi connectivity index (χ0) is 60.1. The number of nitrogens with zero attached hydrogens (tertiary/aromatic N) is 12. The largest absolute Gasteiger partial charge is 0.416 e. The Balaban J connectivity index is 1.25. The number of rotatable bonds is 7. The van der Waals surface area contributed by atoms with Crippen molar-refractivity contribution in [3.05, 3.63) is 237 Å². The first-order chi connectivity index (χ1) is 41.7. The highest BCUT2D eigenvalue weighted by Gasteiger charge is 2.32. The van der Waals surface area contributed by atoms with Gasteiger partial charge in [-0.1, -0.05) is 48.5 Å². The lowest BCUT2D eigenvalue weighted by Crippen LogP contribution is -2.07. The van der Waals surface area contributed by atoms with Gasteiger partial charge in [-0.15, -0.1) is 0 Å². The standard InChI is InChI=1S/C71H29F3N12/c72-71(73,74)59-22-48(38-83)21-57(23-59)64-29-65(85-66-24-49(53-13-40(30-75)9-41(14-53)31-76)1-5-60(66)61-6-2-50(25-67(61)85)54-15-42(32-77)10-43(16-54)33-78)58(39-84)28-70(64)86-68-26-51(55-17-44(34-79)11-45(18-55)35-80)3-7-62(68)63-8-4-52(27-69(63)86)56-19-46(36-81)12-47(20-56)37-82/h1-29H. The fourth-order valence-corrected chi connectivity index (χ4v) is 11.2. The maximum absolute atomic E-state index is 15.2. The smallest absolute Gasteiger partial charge is 0.309 e. The van der Waals surface area contributed by atoms with Crippen LogP contribution in [0.5, 0.6) is 0 Å². The molecule has 0 radical (unpaired) electrons. The fourth-order valence-electron chi connectivity index (χ4n) is 11.2. The highest BCUT2D eigenvalue weighted by Crippen LogP contribution is 2.45. The summed E-state index contributed by atoms with van der Waals surface area (Å²) in [6.07, 6.45) is -4.95. The fraction of sp³-hybridized carbons (Fsp3) is 0.0141. The van der Waals surface area contributed by atoms with Crippen LogP contribution in [0, 0.1) is 113 Å². The van der Waals surface area contributed by atoms with E-state index < -0.39 is 11.7 Å². The molecule has 0 amide bonds. The van der Waals surface area contributed by atoms with Gasteiger partial charge in [0.25, 0.3) is 0 Å². The van der Waals surface area contributed by atoms with Crippen LogP contribution in [0.2, 0.25) is 0 Å². The molecule has 0 spiro atoms. The van der Waals surface area contributed by atoms with Gasteiger partial charge >= 0.3 is 6.18 Å². The molecule has 0 fully saturated rings. The second-order valence-electron chi connectivity index (χ2n) is 20.1. The molecular weight excluding hydrogens is 1080 g/mol. The highest BCUT2D eigenvalue weighted by atomic mass is 19.4. The second-order valence-corrected chi connectivity index (χ2v) is 20.1. The second kappa shape index (κ2) is 20.9. The molecule has 15 heteroatoms.